The number of halogens is 4. The van der Waals surface area contributed by atoms with Gasteiger partial charge in [-0.25, -0.2) is 0 Å². The van der Waals surface area contributed by atoms with E-state index >= 15 is 0 Å². The van der Waals surface area contributed by atoms with E-state index in [4.69, 9.17) is 27.3 Å². The number of aryl methyl sites for hydroxylation is 1. The van der Waals surface area contributed by atoms with Crippen LogP contribution < -0.4 is 10.5 Å². The number of amidine groups is 1. The lowest BCUT2D eigenvalue weighted by Gasteiger charge is -2.20. The van der Waals surface area contributed by atoms with E-state index in [0.29, 0.717) is 10.6 Å². The van der Waals surface area contributed by atoms with Crippen molar-refractivity contribution in [3.8, 4) is 5.75 Å². The van der Waals surface area contributed by atoms with Gasteiger partial charge in [0.1, 0.15) is 18.3 Å². The highest BCUT2D eigenvalue weighted by Crippen LogP contribution is 2.29. The Bertz CT molecular complexity index is 477. The predicted molar refractivity (Wildman–Crippen MR) is 64.6 cm³/mol. The van der Waals surface area contributed by atoms with E-state index in [1.165, 1.54) is 6.07 Å². The van der Waals surface area contributed by atoms with Gasteiger partial charge >= 0.3 is 6.18 Å². The topological polar surface area (TPSA) is 67.8 Å². The Balaban J connectivity index is 2.85. The third-order valence-corrected chi connectivity index (χ3v) is 2.66. The highest BCUT2D eigenvalue weighted by atomic mass is 35.5. The van der Waals surface area contributed by atoms with Gasteiger partial charge < -0.3 is 15.7 Å². The summed E-state index contributed by atoms with van der Waals surface area (Å²) in [5, 5.41) is 11.1. The zero-order valence-corrected chi connectivity index (χ0v) is 10.7. The van der Waals surface area contributed by atoms with E-state index in [2.05, 4.69) is 5.16 Å². The van der Waals surface area contributed by atoms with Crippen LogP contribution in [0.1, 0.15) is 5.56 Å². The van der Waals surface area contributed by atoms with Crippen LogP contribution in [-0.4, -0.2) is 23.8 Å². The van der Waals surface area contributed by atoms with E-state index in [9.17, 15) is 13.2 Å². The summed E-state index contributed by atoms with van der Waals surface area (Å²) in [6, 6.07) is 4.61. The molecule has 0 saturated carbocycles. The molecule has 1 aromatic rings. The molecule has 0 aliphatic heterocycles. The van der Waals surface area contributed by atoms with E-state index in [1.807, 2.05) is 0 Å². The number of ether oxygens (including phenoxy) is 1. The molecule has 0 aliphatic rings. The largest absolute Gasteiger partial charge is 0.492 e. The van der Waals surface area contributed by atoms with Gasteiger partial charge in [-0.1, -0.05) is 22.8 Å². The van der Waals surface area contributed by atoms with Crippen molar-refractivity contribution >= 4 is 17.4 Å². The molecule has 0 amide bonds. The molecule has 1 unspecified atom stereocenters. The van der Waals surface area contributed by atoms with Gasteiger partial charge in [0, 0.05) is 5.02 Å². The first-order valence-electron chi connectivity index (χ1n) is 5.18. The van der Waals surface area contributed by atoms with Crippen molar-refractivity contribution in [3.63, 3.8) is 0 Å². The van der Waals surface area contributed by atoms with Crippen molar-refractivity contribution in [2.45, 2.75) is 13.1 Å². The molecule has 8 heteroatoms. The van der Waals surface area contributed by atoms with Crippen LogP contribution in [0.5, 0.6) is 5.75 Å². The van der Waals surface area contributed by atoms with Crippen LogP contribution in [-0.2, 0) is 0 Å². The molecule has 0 radical (unpaired) electrons. The predicted octanol–water partition coefficient (Wildman–Crippen LogP) is 2.95. The van der Waals surface area contributed by atoms with Crippen LogP contribution in [0.3, 0.4) is 0 Å². The van der Waals surface area contributed by atoms with Gasteiger partial charge in [-0.2, -0.15) is 13.2 Å². The van der Waals surface area contributed by atoms with Crippen LogP contribution in [0.4, 0.5) is 13.2 Å². The molecule has 1 rings (SSSR count). The third kappa shape index (κ3) is 4.20. The normalized spacial score (nSPS) is 14.3. The molecule has 0 bridgehead atoms. The number of benzene rings is 1. The first kappa shape index (κ1) is 15.4. The van der Waals surface area contributed by atoms with Crippen LogP contribution >= 0.6 is 11.6 Å². The molecule has 106 valence electrons. The molecule has 19 heavy (non-hydrogen) atoms. The summed E-state index contributed by atoms with van der Waals surface area (Å²) in [5.74, 6) is -2.92. The van der Waals surface area contributed by atoms with Gasteiger partial charge in [-0.05, 0) is 24.6 Å². The minimum atomic E-state index is -4.66. The lowest BCUT2D eigenvalue weighted by molar-refractivity contribution is -0.162. The molecule has 0 aliphatic carbocycles. The fraction of sp³-hybridized carbons (Fsp3) is 0.364. The van der Waals surface area contributed by atoms with Crippen molar-refractivity contribution in [2.24, 2.45) is 16.8 Å². The maximum absolute atomic E-state index is 12.7. The minimum absolute atomic E-state index is 0.215. The van der Waals surface area contributed by atoms with Crippen LogP contribution in [0.15, 0.2) is 23.4 Å². The smallest absolute Gasteiger partial charge is 0.402 e. The molecule has 0 aromatic heterocycles. The summed E-state index contributed by atoms with van der Waals surface area (Å²) < 4.78 is 43.0. The summed E-state index contributed by atoms with van der Waals surface area (Å²) in [7, 11) is 0. The highest BCUT2D eigenvalue weighted by Gasteiger charge is 2.43. The molecule has 0 heterocycles. The minimum Gasteiger partial charge on any atom is -0.492 e. The summed E-state index contributed by atoms with van der Waals surface area (Å²) in [5.41, 5.74) is 5.64. The average molecular weight is 297 g/mol. The Labute approximate surface area is 112 Å². The van der Waals surface area contributed by atoms with Crippen molar-refractivity contribution in [2.75, 3.05) is 6.61 Å². The van der Waals surface area contributed by atoms with Crippen LogP contribution in [0.25, 0.3) is 0 Å². The molecule has 0 spiro atoms. The zero-order valence-electron chi connectivity index (χ0n) is 9.91. The van der Waals surface area contributed by atoms with Crippen LogP contribution in [0, 0.1) is 12.8 Å². The number of nitrogens with two attached hydrogens (primary N) is 1. The SMILES string of the molecule is Cc1ccc(Cl)cc1OCC(/C(N)=N/O)C(F)(F)F. The first-order valence-corrected chi connectivity index (χ1v) is 5.56. The molecule has 0 saturated heterocycles. The standard InChI is InChI=1S/C11H12ClF3N2O2/c1-6-2-3-7(12)4-9(6)19-5-8(10(16)17-18)11(13,14)15/h2-4,8,18H,5H2,1H3,(H2,16,17). The fourth-order valence-electron chi connectivity index (χ4n) is 1.32. The van der Waals surface area contributed by atoms with Gasteiger partial charge in [-0.3, -0.25) is 0 Å². The molecular weight excluding hydrogens is 285 g/mol. The van der Waals surface area contributed by atoms with Gasteiger partial charge in [0.15, 0.2) is 5.84 Å². The number of hydrogen-bond acceptors (Lipinski definition) is 3. The number of oxime groups is 1. The molecule has 0 fully saturated rings. The lowest BCUT2D eigenvalue weighted by atomic mass is 10.1. The second-order valence-corrected chi connectivity index (χ2v) is 4.28. The van der Waals surface area contributed by atoms with Crippen molar-refractivity contribution in [1.82, 2.24) is 0 Å². The molecule has 4 nitrogen and oxygen atoms in total. The lowest BCUT2D eigenvalue weighted by Crippen LogP contribution is -2.40. The summed E-state index contributed by atoms with van der Waals surface area (Å²) >= 11 is 5.72. The Morgan fingerprint density at radius 2 is 2.16 bits per heavy atom. The van der Waals surface area contributed by atoms with Crippen molar-refractivity contribution < 1.29 is 23.1 Å². The van der Waals surface area contributed by atoms with Gasteiger partial charge in [0.2, 0.25) is 0 Å². The van der Waals surface area contributed by atoms with Gasteiger partial charge in [-0.15, -0.1) is 0 Å². The monoisotopic (exact) mass is 296 g/mol. The van der Waals surface area contributed by atoms with E-state index in [-0.39, 0.29) is 5.75 Å². The third-order valence-electron chi connectivity index (χ3n) is 2.42. The first-order chi connectivity index (χ1) is 8.75. The van der Waals surface area contributed by atoms with Gasteiger partial charge in [0.05, 0.1) is 0 Å². The van der Waals surface area contributed by atoms with E-state index in [0.717, 1.165) is 0 Å². The second kappa shape index (κ2) is 6.01. The van der Waals surface area contributed by atoms with E-state index < -0.39 is 24.5 Å². The second-order valence-electron chi connectivity index (χ2n) is 3.84. The zero-order chi connectivity index (χ0) is 14.6. The summed E-state index contributed by atoms with van der Waals surface area (Å²) in [6.07, 6.45) is -4.66. The number of alkyl halides is 3. The quantitative estimate of drug-likeness (QED) is 0.388. The average Bonchev–Trinajstić information content (AvgIpc) is 2.31. The van der Waals surface area contributed by atoms with Crippen LogP contribution in [0.2, 0.25) is 5.02 Å². The fourth-order valence-corrected chi connectivity index (χ4v) is 1.48. The van der Waals surface area contributed by atoms with Gasteiger partial charge in [0.25, 0.3) is 0 Å². The Morgan fingerprint density at radius 3 is 2.68 bits per heavy atom. The molecule has 1 aromatic carbocycles. The number of rotatable bonds is 4. The highest BCUT2D eigenvalue weighted by molar-refractivity contribution is 6.30. The van der Waals surface area contributed by atoms with Crippen molar-refractivity contribution in [1.29, 1.82) is 0 Å². The Morgan fingerprint density at radius 1 is 1.53 bits per heavy atom. The van der Waals surface area contributed by atoms with Crippen molar-refractivity contribution in [3.05, 3.63) is 28.8 Å². The Kier molecular flexibility index (Phi) is 4.88. The maximum atomic E-state index is 12.7. The maximum Gasteiger partial charge on any atom is 0.402 e. The number of nitrogens with zero attached hydrogens (tertiary/aromatic N) is 1. The molecular formula is C11H12ClF3N2O2. The number of hydrogen-bond donors (Lipinski definition) is 2. The van der Waals surface area contributed by atoms with E-state index in [1.54, 1.807) is 19.1 Å². The molecule has 3 N–H and O–H groups in total. The summed E-state index contributed by atoms with van der Waals surface area (Å²) in [4.78, 5) is 0. The molecule has 1 atom stereocenters. The summed E-state index contributed by atoms with van der Waals surface area (Å²) in [6.45, 7) is 0.873. The Hall–Kier alpha value is -1.63.